The second kappa shape index (κ2) is 8.10. The number of nitrogens with zero attached hydrogens (tertiary/aromatic N) is 3. The maximum Gasteiger partial charge on any atom is 0.305 e. The Kier molecular flexibility index (Phi) is 6.44. The molecule has 1 heterocycles. The molecule has 6 heteroatoms. The third kappa shape index (κ3) is 4.84. The molecule has 0 aliphatic carbocycles. The van der Waals surface area contributed by atoms with Gasteiger partial charge in [-0.3, -0.25) is 10.1 Å². The maximum atomic E-state index is 10.7. The Hall–Kier alpha value is -2.16. The summed E-state index contributed by atoms with van der Waals surface area (Å²) in [6.45, 7) is 4.22. The molecular weight excluding hydrogens is 256 g/mol. The maximum absolute atomic E-state index is 10.7. The highest BCUT2D eigenvalue weighted by molar-refractivity contribution is 5.50. The number of aromatic nitrogens is 1. The van der Waals surface area contributed by atoms with Crippen molar-refractivity contribution in [1.29, 1.82) is 5.26 Å². The van der Waals surface area contributed by atoms with E-state index in [-0.39, 0.29) is 17.4 Å². The third-order valence-electron chi connectivity index (χ3n) is 3.06. The first-order valence-corrected chi connectivity index (χ1v) is 6.90. The first-order valence-electron chi connectivity index (χ1n) is 6.90. The summed E-state index contributed by atoms with van der Waals surface area (Å²) >= 11 is 0. The molecule has 0 aliphatic rings. The van der Waals surface area contributed by atoms with Crippen molar-refractivity contribution in [3.8, 4) is 6.07 Å². The number of hydrogen-bond acceptors (Lipinski definition) is 5. The second-order valence-corrected chi connectivity index (χ2v) is 4.83. The van der Waals surface area contributed by atoms with Gasteiger partial charge in [-0.25, -0.2) is 4.98 Å². The lowest BCUT2D eigenvalue weighted by molar-refractivity contribution is -0.385. The van der Waals surface area contributed by atoms with Crippen LogP contribution in [0.5, 0.6) is 0 Å². The molecule has 1 rings (SSSR count). The monoisotopic (exact) mass is 276 g/mol. The fourth-order valence-electron chi connectivity index (χ4n) is 1.96. The third-order valence-corrected chi connectivity index (χ3v) is 3.06. The van der Waals surface area contributed by atoms with Crippen molar-refractivity contribution in [3.05, 3.63) is 27.9 Å². The summed E-state index contributed by atoms with van der Waals surface area (Å²) < 4.78 is 0. The minimum atomic E-state index is -0.594. The van der Waals surface area contributed by atoms with Crippen molar-refractivity contribution in [2.24, 2.45) is 0 Å². The zero-order chi connectivity index (χ0) is 15.0. The normalized spacial score (nSPS) is 11.7. The molecule has 1 aromatic rings. The van der Waals surface area contributed by atoms with Gasteiger partial charge in [0.2, 0.25) is 5.69 Å². The van der Waals surface area contributed by atoms with Gasteiger partial charge in [0.15, 0.2) is 0 Å². The summed E-state index contributed by atoms with van der Waals surface area (Å²) in [4.78, 5) is 14.1. The van der Waals surface area contributed by atoms with Gasteiger partial charge in [0.25, 0.3) is 0 Å². The van der Waals surface area contributed by atoms with Crippen LogP contribution in [0.4, 0.5) is 11.5 Å². The largest absolute Gasteiger partial charge is 0.368 e. The highest BCUT2D eigenvalue weighted by Crippen LogP contribution is 2.19. The molecule has 1 atom stereocenters. The van der Waals surface area contributed by atoms with Crippen LogP contribution < -0.4 is 5.32 Å². The molecule has 0 fully saturated rings. The van der Waals surface area contributed by atoms with E-state index in [0.717, 1.165) is 12.8 Å². The number of nitrogens with one attached hydrogen (secondary N) is 1. The zero-order valence-electron chi connectivity index (χ0n) is 11.9. The Morgan fingerprint density at radius 1 is 1.45 bits per heavy atom. The average molecular weight is 276 g/mol. The van der Waals surface area contributed by atoms with Crippen LogP contribution in [0.15, 0.2) is 12.1 Å². The molecule has 0 aliphatic heterocycles. The Morgan fingerprint density at radius 3 is 2.80 bits per heavy atom. The van der Waals surface area contributed by atoms with E-state index in [2.05, 4.69) is 17.2 Å². The lowest BCUT2D eigenvalue weighted by Crippen LogP contribution is -2.16. The van der Waals surface area contributed by atoms with E-state index in [9.17, 15) is 10.1 Å². The van der Waals surface area contributed by atoms with E-state index < -0.39 is 4.92 Å². The van der Waals surface area contributed by atoms with Crippen molar-refractivity contribution >= 4 is 11.5 Å². The van der Waals surface area contributed by atoms with Crippen LogP contribution in [0.25, 0.3) is 0 Å². The molecule has 1 unspecified atom stereocenters. The SMILES string of the molecule is CCCCCCC(C)Nc1ccc([N+](=O)[O-])c(C#N)n1. The number of anilines is 1. The van der Waals surface area contributed by atoms with Gasteiger partial charge in [-0.1, -0.05) is 32.6 Å². The lowest BCUT2D eigenvalue weighted by atomic mass is 10.1. The minimum absolute atomic E-state index is 0.154. The smallest absolute Gasteiger partial charge is 0.305 e. The first kappa shape index (κ1) is 15.9. The van der Waals surface area contributed by atoms with Gasteiger partial charge >= 0.3 is 5.69 Å². The molecule has 1 aromatic heterocycles. The van der Waals surface area contributed by atoms with Crippen molar-refractivity contribution in [1.82, 2.24) is 4.98 Å². The highest BCUT2D eigenvalue weighted by atomic mass is 16.6. The zero-order valence-corrected chi connectivity index (χ0v) is 11.9. The van der Waals surface area contributed by atoms with E-state index >= 15 is 0 Å². The van der Waals surface area contributed by atoms with Crippen LogP contribution in [-0.2, 0) is 0 Å². The van der Waals surface area contributed by atoms with E-state index in [1.807, 2.05) is 6.92 Å². The summed E-state index contributed by atoms with van der Waals surface area (Å²) in [5, 5.41) is 22.8. The van der Waals surface area contributed by atoms with Gasteiger partial charge in [-0.15, -0.1) is 0 Å². The fraction of sp³-hybridized carbons (Fsp3) is 0.571. The fourth-order valence-corrected chi connectivity index (χ4v) is 1.96. The number of nitriles is 1. The van der Waals surface area contributed by atoms with E-state index in [1.54, 1.807) is 12.1 Å². The van der Waals surface area contributed by atoms with Crippen LogP contribution >= 0.6 is 0 Å². The van der Waals surface area contributed by atoms with Crippen molar-refractivity contribution in [3.63, 3.8) is 0 Å². The molecule has 0 radical (unpaired) electrons. The number of pyridine rings is 1. The summed E-state index contributed by atoms with van der Waals surface area (Å²) in [5.74, 6) is 0.509. The molecule has 20 heavy (non-hydrogen) atoms. The van der Waals surface area contributed by atoms with E-state index in [1.165, 1.54) is 25.3 Å². The van der Waals surface area contributed by atoms with Gasteiger partial charge in [0.1, 0.15) is 11.9 Å². The van der Waals surface area contributed by atoms with E-state index in [0.29, 0.717) is 5.82 Å². The molecule has 1 N–H and O–H groups in total. The molecule has 0 spiro atoms. The van der Waals surface area contributed by atoms with Crippen LogP contribution in [0.3, 0.4) is 0 Å². The summed E-state index contributed by atoms with van der Waals surface area (Å²) in [6.07, 6.45) is 5.80. The van der Waals surface area contributed by atoms with Crippen LogP contribution in [-0.4, -0.2) is 15.9 Å². The van der Waals surface area contributed by atoms with Gasteiger partial charge < -0.3 is 5.32 Å². The second-order valence-electron chi connectivity index (χ2n) is 4.83. The highest BCUT2D eigenvalue weighted by Gasteiger charge is 2.16. The van der Waals surface area contributed by atoms with Crippen LogP contribution in [0.1, 0.15) is 51.6 Å². The molecule has 108 valence electrons. The topological polar surface area (TPSA) is 91.9 Å². The van der Waals surface area contributed by atoms with Crippen LogP contribution in [0.2, 0.25) is 0 Å². The van der Waals surface area contributed by atoms with E-state index in [4.69, 9.17) is 5.26 Å². The standard InChI is InChI=1S/C14H20N4O2/c1-3-4-5-6-7-11(2)16-14-9-8-13(18(19)20)12(10-15)17-14/h8-9,11H,3-7H2,1-2H3,(H,16,17). The number of rotatable bonds is 8. The number of unbranched alkanes of at least 4 members (excludes halogenated alkanes) is 3. The quantitative estimate of drug-likeness (QED) is 0.444. The average Bonchev–Trinajstić information content (AvgIpc) is 2.43. The summed E-state index contributed by atoms with van der Waals surface area (Å²) in [5.41, 5.74) is -0.410. The molecule has 0 bridgehead atoms. The van der Waals surface area contributed by atoms with Crippen molar-refractivity contribution in [2.75, 3.05) is 5.32 Å². The molecule has 0 amide bonds. The Bertz CT molecular complexity index is 496. The molecule has 0 aromatic carbocycles. The number of hydrogen-bond donors (Lipinski definition) is 1. The van der Waals surface area contributed by atoms with Gasteiger partial charge in [0, 0.05) is 12.1 Å². The van der Waals surface area contributed by atoms with Gasteiger partial charge in [0.05, 0.1) is 4.92 Å². The predicted molar refractivity (Wildman–Crippen MR) is 77.5 cm³/mol. The Labute approximate surface area is 119 Å². The predicted octanol–water partition coefficient (Wildman–Crippen LogP) is 3.63. The van der Waals surface area contributed by atoms with Gasteiger partial charge in [-0.2, -0.15) is 5.26 Å². The lowest BCUT2D eigenvalue weighted by Gasteiger charge is -2.14. The summed E-state index contributed by atoms with van der Waals surface area (Å²) in [7, 11) is 0. The Morgan fingerprint density at radius 2 is 2.20 bits per heavy atom. The molecule has 6 nitrogen and oxygen atoms in total. The summed E-state index contributed by atoms with van der Waals surface area (Å²) in [6, 6.07) is 4.85. The Balaban J connectivity index is 2.60. The first-order chi connectivity index (χ1) is 9.58. The molecule has 0 saturated heterocycles. The van der Waals surface area contributed by atoms with Crippen molar-refractivity contribution in [2.45, 2.75) is 52.0 Å². The van der Waals surface area contributed by atoms with Crippen molar-refractivity contribution < 1.29 is 4.92 Å². The number of nitro groups is 1. The minimum Gasteiger partial charge on any atom is -0.368 e. The molecule has 0 saturated carbocycles. The van der Waals surface area contributed by atoms with Crippen LogP contribution in [0, 0.1) is 21.4 Å². The molecular formula is C14H20N4O2. The van der Waals surface area contributed by atoms with Gasteiger partial charge in [-0.05, 0) is 19.4 Å².